The second kappa shape index (κ2) is 9.11. The molecule has 1 amide bonds. The molecule has 1 atom stereocenters. The van der Waals surface area contributed by atoms with E-state index in [4.69, 9.17) is 9.47 Å². The summed E-state index contributed by atoms with van der Waals surface area (Å²) in [4.78, 5) is 12.5. The van der Waals surface area contributed by atoms with E-state index in [0.717, 1.165) is 17.9 Å². The van der Waals surface area contributed by atoms with E-state index in [1.54, 1.807) is 0 Å². The summed E-state index contributed by atoms with van der Waals surface area (Å²) in [6.07, 6.45) is 1.17. The van der Waals surface area contributed by atoms with Crippen molar-refractivity contribution in [1.29, 1.82) is 0 Å². The zero-order chi connectivity index (χ0) is 18.2. The minimum atomic E-state index is -0.529. The largest absolute Gasteiger partial charge is 0.491 e. The van der Waals surface area contributed by atoms with Crippen molar-refractivity contribution in [2.75, 3.05) is 5.32 Å². The van der Waals surface area contributed by atoms with Gasteiger partial charge in [-0.2, -0.15) is 0 Å². The fourth-order valence-electron chi connectivity index (χ4n) is 2.40. The number of carbonyl (C=O) groups excluding carboxylic acids is 1. The van der Waals surface area contributed by atoms with Crippen molar-refractivity contribution in [3.63, 3.8) is 0 Å². The lowest BCUT2D eigenvalue weighted by atomic mass is 10.1. The minimum absolute atomic E-state index is 0.123. The van der Waals surface area contributed by atoms with E-state index in [-0.39, 0.29) is 12.0 Å². The lowest BCUT2D eigenvalue weighted by molar-refractivity contribution is -0.122. The van der Waals surface area contributed by atoms with Crippen molar-refractivity contribution in [3.8, 4) is 11.5 Å². The summed E-state index contributed by atoms with van der Waals surface area (Å²) >= 11 is 0. The molecule has 0 saturated heterocycles. The van der Waals surface area contributed by atoms with Gasteiger partial charge in [0.05, 0.1) is 6.10 Å². The molecule has 0 aromatic heterocycles. The summed E-state index contributed by atoms with van der Waals surface area (Å²) < 4.78 is 11.4. The van der Waals surface area contributed by atoms with Gasteiger partial charge < -0.3 is 14.8 Å². The molecule has 2 aromatic carbocycles. The van der Waals surface area contributed by atoms with Gasteiger partial charge in [-0.05, 0) is 68.7 Å². The molecule has 1 N–H and O–H groups in total. The average molecular weight is 341 g/mol. The van der Waals surface area contributed by atoms with Gasteiger partial charge in [-0.15, -0.1) is 0 Å². The molecule has 134 valence electrons. The van der Waals surface area contributed by atoms with E-state index in [2.05, 4.69) is 12.2 Å². The number of ether oxygens (including phenoxy) is 2. The Morgan fingerprint density at radius 1 is 0.920 bits per heavy atom. The Morgan fingerprint density at radius 2 is 1.48 bits per heavy atom. The third-order valence-corrected chi connectivity index (χ3v) is 3.77. The predicted molar refractivity (Wildman–Crippen MR) is 101 cm³/mol. The summed E-state index contributed by atoms with van der Waals surface area (Å²) in [6.45, 7) is 8.00. The van der Waals surface area contributed by atoms with Crippen molar-refractivity contribution in [2.24, 2.45) is 0 Å². The molecular formula is C21H27NO3. The molecule has 4 heteroatoms. The Kier molecular flexibility index (Phi) is 6.87. The number of nitrogens with one attached hydrogen (secondary N) is 1. The van der Waals surface area contributed by atoms with Crippen LogP contribution in [0.3, 0.4) is 0 Å². The van der Waals surface area contributed by atoms with Crippen LogP contribution in [0.2, 0.25) is 0 Å². The van der Waals surface area contributed by atoms with Gasteiger partial charge in [-0.25, -0.2) is 0 Å². The van der Waals surface area contributed by atoms with Gasteiger partial charge in [0.15, 0.2) is 6.10 Å². The normalized spacial score (nSPS) is 11.9. The van der Waals surface area contributed by atoms with Crippen molar-refractivity contribution >= 4 is 11.6 Å². The van der Waals surface area contributed by atoms with Crippen LogP contribution in [0.4, 0.5) is 5.69 Å². The second-order valence-electron chi connectivity index (χ2n) is 6.19. The fraction of sp³-hybridized carbons (Fsp3) is 0.381. The first-order valence-corrected chi connectivity index (χ1v) is 8.85. The maximum Gasteiger partial charge on any atom is 0.265 e. The molecule has 0 aliphatic carbocycles. The quantitative estimate of drug-likeness (QED) is 0.748. The van der Waals surface area contributed by atoms with Crippen LogP contribution in [0, 0.1) is 0 Å². The number of hydrogen-bond acceptors (Lipinski definition) is 3. The molecule has 1 unspecified atom stereocenters. The third-order valence-electron chi connectivity index (χ3n) is 3.77. The summed E-state index contributed by atoms with van der Waals surface area (Å²) in [5.41, 5.74) is 1.97. The summed E-state index contributed by atoms with van der Waals surface area (Å²) in [5, 5.41) is 2.90. The highest BCUT2D eigenvalue weighted by Crippen LogP contribution is 2.19. The smallest absolute Gasteiger partial charge is 0.265 e. The Labute approximate surface area is 150 Å². The van der Waals surface area contributed by atoms with E-state index >= 15 is 0 Å². The average Bonchev–Trinajstić information content (AvgIpc) is 2.61. The molecule has 0 aliphatic rings. The lowest BCUT2D eigenvalue weighted by Gasteiger charge is -2.18. The highest BCUT2D eigenvalue weighted by molar-refractivity contribution is 5.94. The Morgan fingerprint density at radius 3 is 2.00 bits per heavy atom. The summed E-state index contributed by atoms with van der Waals surface area (Å²) in [6, 6.07) is 15.2. The third kappa shape index (κ3) is 5.82. The molecule has 0 aliphatic heterocycles. The topological polar surface area (TPSA) is 47.6 Å². The molecule has 0 spiro atoms. The first-order chi connectivity index (χ1) is 12.0. The van der Waals surface area contributed by atoms with Crippen LogP contribution in [0.1, 0.15) is 39.7 Å². The zero-order valence-electron chi connectivity index (χ0n) is 15.4. The number of rotatable bonds is 8. The van der Waals surface area contributed by atoms with E-state index < -0.39 is 6.10 Å². The molecule has 0 radical (unpaired) electrons. The van der Waals surface area contributed by atoms with Gasteiger partial charge in [0, 0.05) is 5.69 Å². The van der Waals surface area contributed by atoms with Crippen LogP contribution in [-0.4, -0.2) is 18.1 Å². The van der Waals surface area contributed by atoms with Gasteiger partial charge in [0.1, 0.15) is 11.5 Å². The molecule has 0 bridgehead atoms. The van der Waals surface area contributed by atoms with Crippen molar-refractivity contribution in [2.45, 2.75) is 52.7 Å². The van der Waals surface area contributed by atoms with E-state index in [0.29, 0.717) is 12.2 Å². The SMILES string of the molecule is CCc1ccc(OC(CC)C(=O)Nc2ccc(OC(C)C)cc2)cc1. The summed E-state index contributed by atoms with van der Waals surface area (Å²) in [5.74, 6) is 1.34. The standard InChI is InChI=1S/C21H27NO3/c1-5-16-7-11-19(12-8-16)25-20(6-2)21(23)22-17-9-13-18(14-10-17)24-15(3)4/h7-15,20H,5-6H2,1-4H3,(H,22,23). The van der Waals surface area contributed by atoms with Gasteiger partial charge in [-0.1, -0.05) is 26.0 Å². The number of carbonyl (C=O) groups is 1. The highest BCUT2D eigenvalue weighted by Gasteiger charge is 2.18. The van der Waals surface area contributed by atoms with E-state index in [9.17, 15) is 4.79 Å². The van der Waals surface area contributed by atoms with Crippen LogP contribution in [-0.2, 0) is 11.2 Å². The summed E-state index contributed by atoms with van der Waals surface area (Å²) in [7, 11) is 0. The molecule has 2 rings (SSSR count). The number of aryl methyl sites for hydroxylation is 1. The number of amides is 1. The number of benzene rings is 2. The molecule has 0 fully saturated rings. The molecule has 0 saturated carbocycles. The second-order valence-corrected chi connectivity index (χ2v) is 6.19. The maximum absolute atomic E-state index is 12.5. The van der Waals surface area contributed by atoms with Crippen LogP contribution in [0.5, 0.6) is 11.5 Å². The minimum Gasteiger partial charge on any atom is -0.491 e. The molecule has 0 heterocycles. The van der Waals surface area contributed by atoms with Gasteiger partial charge in [0.2, 0.25) is 0 Å². The first-order valence-electron chi connectivity index (χ1n) is 8.85. The van der Waals surface area contributed by atoms with Crippen LogP contribution < -0.4 is 14.8 Å². The van der Waals surface area contributed by atoms with Gasteiger partial charge >= 0.3 is 0 Å². The van der Waals surface area contributed by atoms with Gasteiger partial charge in [0.25, 0.3) is 5.91 Å². The first kappa shape index (κ1) is 18.8. The van der Waals surface area contributed by atoms with E-state index in [1.165, 1.54) is 5.56 Å². The molecule has 4 nitrogen and oxygen atoms in total. The monoisotopic (exact) mass is 341 g/mol. The molecule has 2 aromatic rings. The Hall–Kier alpha value is -2.49. The fourth-order valence-corrected chi connectivity index (χ4v) is 2.40. The Bertz CT molecular complexity index is 663. The lowest BCUT2D eigenvalue weighted by Crippen LogP contribution is -2.32. The van der Waals surface area contributed by atoms with Crippen molar-refractivity contribution in [1.82, 2.24) is 0 Å². The highest BCUT2D eigenvalue weighted by atomic mass is 16.5. The number of hydrogen-bond donors (Lipinski definition) is 1. The zero-order valence-corrected chi connectivity index (χ0v) is 15.4. The molecule has 25 heavy (non-hydrogen) atoms. The van der Waals surface area contributed by atoms with Crippen molar-refractivity contribution in [3.05, 3.63) is 54.1 Å². The van der Waals surface area contributed by atoms with E-state index in [1.807, 2.05) is 69.3 Å². The van der Waals surface area contributed by atoms with Crippen LogP contribution in [0.25, 0.3) is 0 Å². The van der Waals surface area contributed by atoms with Crippen LogP contribution in [0.15, 0.2) is 48.5 Å². The Balaban J connectivity index is 1.96. The number of anilines is 1. The van der Waals surface area contributed by atoms with Crippen LogP contribution >= 0.6 is 0 Å². The van der Waals surface area contributed by atoms with Crippen molar-refractivity contribution < 1.29 is 14.3 Å². The molecular weight excluding hydrogens is 314 g/mol. The van der Waals surface area contributed by atoms with Gasteiger partial charge in [-0.3, -0.25) is 4.79 Å². The predicted octanol–water partition coefficient (Wildman–Crippen LogP) is 4.83. The maximum atomic E-state index is 12.5.